The Morgan fingerprint density at radius 1 is 1.03 bits per heavy atom. The molecule has 1 N–H and O–H groups in total. The van der Waals surface area contributed by atoms with Gasteiger partial charge in [-0.15, -0.1) is 10.2 Å². The van der Waals surface area contributed by atoms with Crippen LogP contribution in [0.1, 0.15) is 5.76 Å². The molecule has 0 unspecified atom stereocenters. The van der Waals surface area contributed by atoms with Gasteiger partial charge in [0.1, 0.15) is 22.2 Å². The van der Waals surface area contributed by atoms with E-state index in [4.69, 9.17) is 18.3 Å². The molecule has 0 spiro atoms. The lowest BCUT2D eigenvalue weighted by Gasteiger charge is -2.05. The van der Waals surface area contributed by atoms with E-state index in [9.17, 15) is 9.90 Å². The molecule has 2 aromatic heterocycles. The van der Waals surface area contributed by atoms with Gasteiger partial charge in [0.25, 0.3) is 5.22 Å². The molecular formula is C23H17BrN2O6S2. The first-order chi connectivity index (χ1) is 16.4. The van der Waals surface area contributed by atoms with Crippen LogP contribution in [0.4, 0.5) is 0 Å². The molecule has 0 saturated heterocycles. The fraction of sp³-hybridized carbons (Fsp3) is 0.0870. The van der Waals surface area contributed by atoms with Crippen LogP contribution in [0.25, 0.3) is 17.5 Å². The van der Waals surface area contributed by atoms with E-state index in [2.05, 4.69) is 26.1 Å². The number of thioether (sulfide) groups is 1. The van der Waals surface area contributed by atoms with Gasteiger partial charge in [-0.05, 0) is 58.0 Å². The number of furan rings is 1. The first kappa shape index (κ1) is 24.0. The van der Waals surface area contributed by atoms with Crippen LogP contribution in [0.2, 0.25) is 0 Å². The molecule has 4 aromatic rings. The van der Waals surface area contributed by atoms with Crippen molar-refractivity contribution >= 4 is 51.5 Å². The number of ether oxygens (including phenoxy) is 2. The third kappa shape index (κ3) is 5.85. The summed E-state index contributed by atoms with van der Waals surface area (Å²) < 4.78 is 22.7. The monoisotopic (exact) mass is 560 g/mol. The molecular weight excluding hydrogens is 544 g/mol. The summed E-state index contributed by atoms with van der Waals surface area (Å²) in [6.45, 7) is 0. The van der Waals surface area contributed by atoms with Gasteiger partial charge in [0.15, 0.2) is 5.09 Å². The number of hydrogen-bond donors (Lipinski definition) is 1. The van der Waals surface area contributed by atoms with Crippen molar-refractivity contribution in [3.05, 3.63) is 69.7 Å². The Hall–Kier alpha value is -3.15. The number of methoxy groups -OCH3 is 2. The van der Waals surface area contributed by atoms with E-state index in [1.807, 2.05) is 30.3 Å². The number of carboxylic acids is 1. The van der Waals surface area contributed by atoms with Crippen LogP contribution < -0.4 is 9.47 Å². The van der Waals surface area contributed by atoms with Crippen molar-refractivity contribution in [3.63, 3.8) is 0 Å². The van der Waals surface area contributed by atoms with E-state index in [0.717, 1.165) is 21.1 Å². The van der Waals surface area contributed by atoms with Crippen LogP contribution >= 0.6 is 39.5 Å². The highest BCUT2D eigenvalue weighted by Crippen LogP contribution is 2.38. The highest BCUT2D eigenvalue weighted by molar-refractivity contribution is 9.10. The SMILES string of the molecule is COc1cc(OC)cc(-c2nnc(S/C(=C\c3cc(Br)c(Sc4ccccc4)o3)C(=O)O)o2)c1. The number of carboxylic acid groups (broad SMARTS) is 1. The minimum Gasteiger partial charge on any atom is -0.497 e. The van der Waals surface area contributed by atoms with E-state index in [0.29, 0.717) is 27.9 Å². The number of aliphatic carboxylic acids is 1. The van der Waals surface area contributed by atoms with Crippen LogP contribution in [0.15, 0.2) is 88.0 Å². The summed E-state index contributed by atoms with van der Waals surface area (Å²) in [4.78, 5) is 12.8. The average molecular weight is 561 g/mol. The second-order valence-electron chi connectivity index (χ2n) is 6.59. The summed E-state index contributed by atoms with van der Waals surface area (Å²) in [5.74, 6) is 0.526. The maximum absolute atomic E-state index is 11.9. The molecule has 0 aliphatic rings. The fourth-order valence-electron chi connectivity index (χ4n) is 2.76. The zero-order valence-corrected chi connectivity index (χ0v) is 21.1. The quantitative estimate of drug-likeness (QED) is 0.180. The summed E-state index contributed by atoms with van der Waals surface area (Å²) >= 11 is 5.71. The van der Waals surface area contributed by atoms with Crippen LogP contribution in [0, 0.1) is 0 Å². The molecule has 0 fully saturated rings. The Morgan fingerprint density at radius 2 is 1.74 bits per heavy atom. The summed E-state index contributed by atoms with van der Waals surface area (Å²) in [5, 5.41) is 18.4. The number of benzene rings is 2. The number of nitrogens with zero attached hydrogens (tertiary/aromatic N) is 2. The van der Waals surface area contributed by atoms with E-state index in [-0.39, 0.29) is 16.0 Å². The lowest BCUT2D eigenvalue weighted by atomic mass is 10.2. The standard InChI is InChI=1S/C23H17BrN2O6S2/c1-29-14-8-13(9-15(10-14)30-2)20-25-26-23(32-20)34-19(21(27)28)12-16-11-18(24)22(31-16)33-17-6-4-3-5-7-17/h3-12H,1-2H3,(H,27,28)/b19-12-. The Labute approximate surface area is 211 Å². The minimum absolute atomic E-state index is 0.0454. The van der Waals surface area contributed by atoms with Crippen LogP contribution in [0.5, 0.6) is 11.5 Å². The molecule has 0 saturated carbocycles. The molecule has 0 bridgehead atoms. The molecule has 0 aliphatic heterocycles. The largest absolute Gasteiger partial charge is 0.497 e. The van der Waals surface area contributed by atoms with Gasteiger partial charge in [0.2, 0.25) is 5.89 Å². The Kier molecular flexibility index (Phi) is 7.66. The predicted molar refractivity (Wildman–Crippen MR) is 131 cm³/mol. The molecule has 2 heterocycles. The van der Waals surface area contributed by atoms with Crippen molar-refractivity contribution in [3.8, 4) is 23.0 Å². The predicted octanol–water partition coefficient (Wildman–Crippen LogP) is 6.48. The van der Waals surface area contributed by atoms with Gasteiger partial charge in [0, 0.05) is 22.6 Å². The third-order valence-corrected chi connectivity index (χ3v) is 7.01. The first-order valence-corrected chi connectivity index (χ1v) is 12.1. The van der Waals surface area contributed by atoms with Crippen LogP contribution in [-0.4, -0.2) is 35.5 Å². The van der Waals surface area contributed by atoms with Crippen molar-refractivity contribution in [2.24, 2.45) is 0 Å². The fourth-order valence-corrected chi connectivity index (χ4v) is 4.77. The molecule has 0 amide bonds. The zero-order chi connectivity index (χ0) is 24.1. The smallest absolute Gasteiger partial charge is 0.342 e. The number of halogens is 1. The number of hydrogen-bond acceptors (Lipinski definition) is 9. The van der Waals surface area contributed by atoms with Crippen molar-refractivity contribution < 1.29 is 28.2 Å². The molecule has 11 heteroatoms. The molecule has 2 aromatic carbocycles. The maximum Gasteiger partial charge on any atom is 0.342 e. The highest BCUT2D eigenvalue weighted by atomic mass is 79.9. The second-order valence-corrected chi connectivity index (χ2v) is 9.48. The Bertz CT molecular complexity index is 1310. The van der Waals surface area contributed by atoms with E-state index >= 15 is 0 Å². The normalized spacial score (nSPS) is 11.4. The lowest BCUT2D eigenvalue weighted by molar-refractivity contribution is -0.131. The molecule has 4 rings (SSSR count). The van der Waals surface area contributed by atoms with Crippen LogP contribution in [0.3, 0.4) is 0 Å². The zero-order valence-electron chi connectivity index (χ0n) is 17.9. The molecule has 8 nitrogen and oxygen atoms in total. The minimum atomic E-state index is -1.16. The average Bonchev–Trinajstić information content (AvgIpc) is 3.45. The van der Waals surface area contributed by atoms with Gasteiger partial charge in [-0.1, -0.05) is 30.0 Å². The van der Waals surface area contributed by atoms with E-state index in [1.54, 1.807) is 24.3 Å². The van der Waals surface area contributed by atoms with Gasteiger partial charge in [0.05, 0.1) is 18.7 Å². The lowest BCUT2D eigenvalue weighted by Crippen LogP contribution is -1.96. The summed E-state index contributed by atoms with van der Waals surface area (Å²) in [5.41, 5.74) is 0.578. The molecule has 0 radical (unpaired) electrons. The first-order valence-electron chi connectivity index (χ1n) is 9.67. The summed E-state index contributed by atoms with van der Waals surface area (Å²) in [6, 6.07) is 16.6. The van der Waals surface area contributed by atoms with Crippen molar-refractivity contribution in [2.75, 3.05) is 14.2 Å². The maximum atomic E-state index is 11.9. The van der Waals surface area contributed by atoms with Crippen molar-refractivity contribution in [1.82, 2.24) is 10.2 Å². The Balaban J connectivity index is 1.55. The topological polar surface area (TPSA) is 108 Å². The number of carbonyl (C=O) groups is 1. The highest BCUT2D eigenvalue weighted by Gasteiger charge is 2.19. The second kappa shape index (κ2) is 10.9. The Morgan fingerprint density at radius 3 is 2.38 bits per heavy atom. The van der Waals surface area contributed by atoms with Crippen molar-refractivity contribution in [1.29, 1.82) is 0 Å². The van der Waals surface area contributed by atoms with Gasteiger partial charge in [-0.3, -0.25) is 0 Å². The molecule has 34 heavy (non-hydrogen) atoms. The molecule has 174 valence electrons. The van der Waals surface area contributed by atoms with Gasteiger partial charge < -0.3 is 23.4 Å². The molecule has 0 atom stereocenters. The van der Waals surface area contributed by atoms with Gasteiger partial charge in [-0.25, -0.2) is 4.79 Å². The number of rotatable bonds is 9. The van der Waals surface area contributed by atoms with E-state index < -0.39 is 5.97 Å². The third-order valence-electron chi connectivity index (χ3n) is 4.31. The number of aromatic nitrogens is 2. The van der Waals surface area contributed by atoms with E-state index in [1.165, 1.54) is 32.1 Å². The summed E-state index contributed by atoms with van der Waals surface area (Å²) in [7, 11) is 3.07. The summed E-state index contributed by atoms with van der Waals surface area (Å²) in [6.07, 6.45) is 1.41. The van der Waals surface area contributed by atoms with Gasteiger partial charge in [-0.2, -0.15) is 0 Å². The van der Waals surface area contributed by atoms with Gasteiger partial charge >= 0.3 is 5.97 Å². The van der Waals surface area contributed by atoms with Crippen molar-refractivity contribution in [2.45, 2.75) is 15.2 Å². The molecule has 0 aliphatic carbocycles. The van der Waals surface area contributed by atoms with Crippen LogP contribution in [-0.2, 0) is 4.79 Å².